The zero-order valence-corrected chi connectivity index (χ0v) is 78.5. The van der Waals surface area contributed by atoms with Gasteiger partial charge in [-0.2, -0.15) is 0 Å². The Kier molecular flexibility index (Phi) is 22.3. The van der Waals surface area contributed by atoms with Gasteiger partial charge < -0.3 is 45.1 Å². The minimum atomic E-state index is -0.380. The molecule has 2 fully saturated rings. The summed E-state index contributed by atoms with van der Waals surface area (Å²) in [6.07, 6.45) is 0. The minimum absolute atomic E-state index is 0.319. The predicted molar refractivity (Wildman–Crippen MR) is 563 cm³/mol. The van der Waals surface area contributed by atoms with Gasteiger partial charge in [-0.25, -0.2) is 0 Å². The number of hydrogen-bond donors (Lipinski definition) is 0. The summed E-state index contributed by atoms with van der Waals surface area (Å²) in [5.41, 5.74) is 27.4. The summed E-state index contributed by atoms with van der Waals surface area (Å²) in [5.74, 6) is 0. The molecule has 24 aromatic rings. The van der Waals surface area contributed by atoms with Crippen LogP contribution in [0.5, 0.6) is 0 Å². The van der Waals surface area contributed by atoms with Gasteiger partial charge >= 0.3 is 14.2 Å². The summed E-state index contributed by atoms with van der Waals surface area (Å²) in [7, 11) is -0.700. The molecule has 0 radical (unpaired) electrons. The molecule has 0 atom stereocenters. The third kappa shape index (κ3) is 16.3. The molecule has 8 heterocycles. The first-order chi connectivity index (χ1) is 65.6. The van der Waals surface area contributed by atoms with Crippen LogP contribution in [0.2, 0.25) is 10.0 Å². The van der Waals surface area contributed by atoms with Crippen LogP contribution < -0.4 is 10.9 Å². The van der Waals surface area contributed by atoms with E-state index in [1.165, 1.54) is 44.5 Å². The van der Waals surface area contributed by atoms with Crippen LogP contribution in [-0.2, 0) is 18.6 Å². The fraction of sp³-hybridized carbons (Fsp3) is 0.100. The lowest BCUT2D eigenvalue weighted by atomic mass is 9.76. The molecule has 0 N–H and O–H groups in total. The smallest absolute Gasteiger partial charge is 0.456 e. The SMILES string of the molecule is CC1(C)OB(c2ccc(-c3cccc(-c4ccccc4)c3)cc2)OC1(C)C.CC1(C)OB(c2cccc3oc4ccccc4c23)OC1(C)C.Clc1cc(-c2cccc3oc4ccccc4c23)c2oc3ccccc3c2c1.Clc1cc(Br)c2oc3ccccc3c2c1.c1ccc(-c2cccc(-c3ccc(-c4cc(-c5cccc6oc7ccccc7c56)c5oc6ccccc6c5c4)cc3)c2)cc1. The van der Waals surface area contributed by atoms with Gasteiger partial charge in [-0.3, -0.25) is 0 Å². The Morgan fingerprint density at radius 1 is 0.207 bits per heavy atom. The molecule has 6 aromatic heterocycles. The van der Waals surface area contributed by atoms with Gasteiger partial charge in [0.2, 0.25) is 0 Å². The molecule has 2 aliphatic heterocycles. The van der Waals surface area contributed by atoms with Crippen LogP contribution >= 0.6 is 39.1 Å². The number of para-hydroxylation sites is 6. The van der Waals surface area contributed by atoms with Crippen molar-refractivity contribution in [1.29, 1.82) is 0 Å². The molecule has 0 aliphatic carbocycles. The number of furan rings is 6. The molecule has 0 spiro atoms. The average Bonchev–Trinajstić information content (AvgIpc) is 1.59. The van der Waals surface area contributed by atoms with Crippen LogP contribution in [-0.4, -0.2) is 36.6 Å². The van der Waals surface area contributed by atoms with Crippen molar-refractivity contribution in [1.82, 2.24) is 0 Å². The molecule has 15 heteroatoms. The molecule has 0 amide bonds. The maximum absolute atomic E-state index is 6.56. The monoisotopic (exact) mass is 1860 g/mol. The zero-order chi connectivity index (χ0) is 92.0. The first-order valence-electron chi connectivity index (χ1n) is 45.4. The highest BCUT2D eigenvalue weighted by Crippen LogP contribution is 2.49. The third-order valence-electron chi connectivity index (χ3n) is 26.9. The average molecular weight is 1860 g/mol. The van der Waals surface area contributed by atoms with Gasteiger partial charge in [-0.05, 0) is 252 Å². The van der Waals surface area contributed by atoms with Gasteiger partial charge in [-0.1, -0.05) is 314 Å². The van der Waals surface area contributed by atoms with E-state index in [0.717, 1.165) is 180 Å². The van der Waals surface area contributed by atoms with E-state index in [9.17, 15) is 0 Å². The van der Waals surface area contributed by atoms with E-state index in [2.05, 4.69) is 302 Å². The second-order valence-corrected chi connectivity index (χ2v) is 38.2. The van der Waals surface area contributed by atoms with Crippen molar-refractivity contribution in [2.75, 3.05) is 0 Å². The first kappa shape index (κ1) is 86.2. The molecule has 0 unspecified atom stereocenters. The highest BCUT2D eigenvalue weighted by atomic mass is 79.9. The summed E-state index contributed by atoms with van der Waals surface area (Å²) in [6.45, 7) is 16.6. The molecule has 656 valence electrons. The van der Waals surface area contributed by atoms with E-state index >= 15 is 0 Å². The number of hydrogen-bond acceptors (Lipinski definition) is 10. The van der Waals surface area contributed by atoms with Crippen molar-refractivity contribution < 1.29 is 45.1 Å². The van der Waals surface area contributed by atoms with Gasteiger partial charge in [0.1, 0.15) is 67.0 Å². The van der Waals surface area contributed by atoms with E-state index < -0.39 is 0 Å². The number of halogens is 3. The van der Waals surface area contributed by atoms with E-state index in [1.807, 2.05) is 164 Å². The van der Waals surface area contributed by atoms with Crippen molar-refractivity contribution in [3.05, 3.63) is 409 Å². The summed E-state index contributed by atoms with van der Waals surface area (Å²) in [4.78, 5) is 0. The van der Waals surface area contributed by atoms with Gasteiger partial charge in [0.05, 0.1) is 26.9 Å². The van der Waals surface area contributed by atoms with Crippen molar-refractivity contribution in [3.63, 3.8) is 0 Å². The molecule has 26 rings (SSSR count). The second kappa shape index (κ2) is 35.0. The Labute approximate surface area is 799 Å². The Balaban J connectivity index is 0.000000102. The Morgan fingerprint density at radius 3 is 0.941 bits per heavy atom. The number of benzene rings is 18. The van der Waals surface area contributed by atoms with E-state index in [0.29, 0.717) is 10.0 Å². The Hall–Kier alpha value is -14.2. The maximum Gasteiger partial charge on any atom is 0.495 e. The highest BCUT2D eigenvalue weighted by Gasteiger charge is 2.53. The molecular weight excluding hydrogens is 1770 g/mol. The lowest BCUT2D eigenvalue weighted by molar-refractivity contribution is 0.00578. The summed E-state index contributed by atoms with van der Waals surface area (Å²) < 4.78 is 62.4. The normalized spacial score (nSPS) is 14.3. The Bertz CT molecular complexity index is 8610. The third-order valence-corrected chi connectivity index (χ3v) is 27.9. The van der Waals surface area contributed by atoms with Crippen molar-refractivity contribution >= 4 is 196 Å². The second-order valence-electron chi connectivity index (χ2n) is 36.4. The molecular formula is C120H89B2BrCl2O10. The first-order valence-corrected chi connectivity index (χ1v) is 46.9. The lowest BCUT2D eigenvalue weighted by Gasteiger charge is -2.32. The number of rotatable bonds is 9. The highest BCUT2D eigenvalue weighted by molar-refractivity contribution is 9.10. The lowest BCUT2D eigenvalue weighted by Crippen LogP contribution is -2.41. The quantitative estimate of drug-likeness (QED) is 0.129. The molecule has 0 saturated carbocycles. The van der Waals surface area contributed by atoms with Crippen LogP contribution in [0.25, 0.3) is 210 Å². The summed E-state index contributed by atoms with van der Waals surface area (Å²) in [5, 5.41) is 14.4. The summed E-state index contributed by atoms with van der Waals surface area (Å²) in [6, 6.07) is 135. The van der Waals surface area contributed by atoms with E-state index in [1.54, 1.807) is 0 Å². The van der Waals surface area contributed by atoms with Crippen LogP contribution in [0.1, 0.15) is 55.4 Å². The maximum atomic E-state index is 6.56. The topological polar surface area (TPSA) is 116 Å². The zero-order valence-electron chi connectivity index (χ0n) is 75.4. The standard InChI is InChI=1S/C42H26O2.C24H25BO2.C24H13ClO2.C18H19BO3.C12H6BrClO/c1-2-10-27(11-3-1)30-12-8-13-31(24-30)28-20-22-29(23-21-28)32-25-36-33-14-4-6-17-38(33)44-42(36)37(26-32)34-16-9-19-40-41(34)35-15-5-7-18-39(35)43-40;1-23(2)24(3,4)27-25(26-23)22-15-13-19(14-16-22)21-12-8-11-20(17-21)18-9-6-5-7-10-18;25-14-12-18-15-6-1-3-9-20(15)27-24(18)19(13-14)16-8-5-11-22-23(16)17-7-2-4-10-21(17)26-22;1-17(2)18(3,4)22-19(21-17)13-9-7-11-15-16(13)12-8-5-6-10-14(12)20-15;13-10-6-7(14)5-9-8-3-1-2-4-11(8)15-12(9)10/h1-26H;5-17H,1-4H3;1-13H;5-11H,1-4H3;1-6H. The van der Waals surface area contributed by atoms with Crippen LogP contribution in [0.3, 0.4) is 0 Å². The predicted octanol–water partition coefficient (Wildman–Crippen LogP) is 34.2. The molecule has 18 aromatic carbocycles. The minimum Gasteiger partial charge on any atom is -0.456 e. The molecule has 0 bridgehead atoms. The fourth-order valence-electron chi connectivity index (χ4n) is 18.6. The van der Waals surface area contributed by atoms with Gasteiger partial charge in [-0.15, -0.1) is 0 Å². The fourth-order valence-corrected chi connectivity index (χ4v) is 19.7. The molecule has 2 saturated heterocycles. The van der Waals surface area contributed by atoms with Gasteiger partial charge in [0.15, 0.2) is 0 Å². The van der Waals surface area contributed by atoms with Crippen molar-refractivity contribution in [2.45, 2.75) is 77.8 Å². The number of fused-ring (bicyclic) bond motifs is 18. The van der Waals surface area contributed by atoms with Gasteiger partial charge in [0, 0.05) is 85.8 Å². The van der Waals surface area contributed by atoms with E-state index in [4.69, 9.17) is 68.3 Å². The summed E-state index contributed by atoms with van der Waals surface area (Å²) >= 11 is 16.0. The molecule has 2 aliphatic rings. The Morgan fingerprint density at radius 2 is 0.504 bits per heavy atom. The molecule has 10 nitrogen and oxygen atoms in total. The van der Waals surface area contributed by atoms with Crippen LogP contribution in [0.4, 0.5) is 0 Å². The van der Waals surface area contributed by atoms with Crippen LogP contribution in [0.15, 0.2) is 425 Å². The molecule has 135 heavy (non-hydrogen) atoms. The van der Waals surface area contributed by atoms with Gasteiger partial charge in [0.25, 0.3) is 0 Å². The van der Waals surface area contributed by atoms with Crippen molar-refractivity contribution in [2.24, 2.45) is 0 Å². The van der Waals surface area contributed by atoms with Crippen LogP contribution in [0, 0.1) is 0 Å². The van der Waals surface area contributed by atoms with Crippen molar-refractivity contribution in [3.8, 4) is 77.9 Å². The largest absolute Gasteiger partial charge is 0.495 e. The van der Waals surface area contributed by atoms with E-state index in [-0.39, 0.29) is 36.6 Å².